The van der Waals surface area contributed by atoms with Crippen molar-refractivity contribution in [1.82, 2.24) is 4.90 Å². The van der Waals surface area contributed by atoms with E-state index in [4.69, 9.17) is 19.2 Å². The molecule has 1 saturated carbocycles. The summed E-state index contributed by atoms with van der Waals surface area (Å²) in [7, 11) is -2.92. The maximum Gasteiger partial charge on any atom is 0.201 e. The normalized spacial score (nSPS) is 54.9. The molecule has 8 heteroatoms. The monoisotopic (exact) mass is 401 g/mol. The first-order chi connectivity index (χ1) is 12.7. The standard InChI is InChI=1S/C19H31NO6S/c1-12-4-5-15-13(2)16(20-8-10-27(21,22)11-9-20)23-17-19(15)14(12)6-7-18(3,24-17)25-26-19/h12-17H,4-11H2,1-3H3/t12?,13-,14?,15?,16-,17?,18+,19?/m1/s1. The molecule has 1 spiro atoms. The van der Waals surface area contributed by atoms with Gasteiger partial charge in [0.15, 0.2) is 21.7 Å². The summed E-state index contributed by atoms with van der Waals surface area (Å²) in [5.41, 5.74) is -0.550. The van der Waals surface area contributed by atoms with Gasteiger partial charge in [-0.1, -0.05) is 13.8 Å². The zero-order chi connectivity index (χ0) is 19.0. The van der Waals surface area contributed by atoms with Gasteiger partial charge in [0.2, 0.25) is 5.79 Å². The lowest BCUT2D eigenvalue weighted by molar-refractivity contribution is -0.574. The van der Waals surface area contributed by atoms with Crippen molar-refractivity contribution in [3.05, 3.63) is 0 Å². The highest BCUT2D eigenvalue weighted by Gasteiger charge is 2.69. The van der Waals surface area contributed by atoms with Crippen molar-refractivity contribution in [2.75, 3.05) is 24.6 Å². The molecule has 8 atom stereocenters. The third-order valence-corrected chi connectivity index (χ3v) is 9.47. The molecule has 5 unspecified atom stereocenters. The highest BCUT2D eigenvalue weighted by Crippen LogP contribution is 2.60. The molecule has 0 N–H and O–H groups in total. The molecule has 1 aliphatic carbocycles. The first kappa shape index (κ1) is 18.8. The number of fused-ring (bicyclic) bond motifs is 2. The van der Waals surface area contributed by atoms with Crippen LogP contribution >= 0.6 is 0 Å². The fraction of sp³-hybridized carbons (Fsp3) is 1.00. The Hall–Kier alpha value is -0.250. The lowest BCUT2D eigenvalue weighted by Gasteiger charge is -2.61. The second kappa shape index (κ2) is 6.12. The summed E-state index contributed by atoms with van der Waals surface area (Å²) in [6.07, 6.45) is 3.46. The summed E-state index contributed by atoms with van der Waals surface area (Å²) in [6.45, 7) is 7.51. The molecule has 0 aromatic rings. The van der Waals surface area contributed by atoms with Gasteiger partial charge in [0.25, 0.3) is 0 Å². The first-order valence-electron chi connectivity index (χ1n) is 10.4. The molecule has 5 aliphatic heterocycles. The SMILES string of the molecule is CC1CCC2[C@@H](C)[C@H](N3CCS(=O)(=O)CC3)OC3O[C@]4(C)CCC1C32OO4. The lowest BCUT2D eigenvalue weighted by Crippen LogP contribution is -2.72. The molecule has 0 amide bonds. The Labute approximate surface area is 161 Å². The molecule has 2 bridgehead atoms. The summed E-state index contributed by atoms with van der Waals surface area (Å²) in [5, 5.41) is 0. The molecule has 6 aliphatic rings. The molecule has 0 aromatic heterocycles. The van der Waals surface area contributed by atoms with Crippen molar-refractivity contribution in [3.63, 3.8) is 0 Å². The number of hydrogen-bond acceptors (Lipinski definition) is 7. The molecule has 7 nitrogen and oxygen atoms in total. The van der Waals surface area contributed by atoms with Crippen LogP contribution in [0, 0.1) is 23.7 Å². The van der Waals surface area contributed by atoms with Crippen LogP contribution < -0.4 is 0 Å². The van der Waals surface area contributed by atoms with Crippen molar-refractivity contribution < 1.29 is 27.7 Å². The number of ether oxygens (including phenoxy) is 2. The van der Waals surface area contributed by atoms with E-state index in [2.05, 4.69) is 18.7 Å². The lowest BCUT2D eigenvalue weighted by atomic mass is 9.58. The Bertz CT molecular complexity index is 701. The molecular formula is C19H31NO6S. The van der Waals surface area contributed by atoms with Gasteiger partial charge in [0.05, 0.1) is 11.5 Å². The average Bonchev–Trinajstić information content (AvgIpc) is 2.85. The number of nitrogens with zero attached hydrogens (tertiary/aromatic N) is 1. The molecule has 0 radical (unpaired) electrons. The first-order valence-corrected chi connectivity index (χ1v) is 12.2. The second-order valence-corrected chi connectivity index (χ2v) is 11.8. The Morgan fingerprint density at radius 1 is 1.00 bits per heavy atom. The maximum absolute atomic E-state index is 11.9. The van der Waals surface area contributed by atoms with Crippen LogP contribution in [-0.4, -0.2) is 61.8 Å². The molecule has 154 valence electrons. The van der Waals surface area contributed by atoms with Gasteiger partial charge < -0.3 is 9.47 Å². The molecule has 0 aromatic carbocycles. The highest BCUT2D eigenvalue weighted by atomic mass is 32.2. The summed E-state index contributed by atoms with van der Waals surface area (Å²) >= 11 is 0. The van der Waals surface area contributed by atoms with Crippen molar-refractivity contribution in [3.8, 4) is 0 Å². The average molecular weight is 402 g/mol. The quantitative estimate of drug-likeness (QED) is 0.622. The zero-order valence-electron chi connectivity index (χ0n) is 16.4. The smallest absolute Gasteiger partial charge is 0.201 e. The van der Waals surface area contributed by atoms with E-state index >= 15 is 0 Å². The van der Waals surface area contributed by atoms with Crippen LogP contribution in [0.1, 0.15) is 46.5 Å². The molecule has 5 saturated heterocycles. The van der Waals surface area contributed by atoms with E-state index in [1.807, 2.05) is 6.92 Å². The predicted molar refractivity (Wildman–Crippen MR) is 97.1 cm³/mol. The van der Waals surface area contributed by atoms with Crippen molar-refractivity contribution in [1.29, 1.82) is 0 Å². The van der Waals surface area contributed by atoms with Crippen LogP contribution in [0.15, 0.2) is 0 Å². The minimum Gasteiger partial charge on any atom is -0.331 e. The van der Waals surface area contributed by atoms with Crippen LogP contribution in [0.4, 0.5) is 0 Å². The van der Waals surface area contributed by atoms with Gasteiger partial charge in [0, 0.05) is 31.3 Å². The van der Waals surface area contributed by atoms with Gasteiger partial charge in [0.1, 0.15) is 6.23 Å². The van der Waals surface area contributed by atoms with E-state index < -0.39 is 27.5 Å². The molecule has 6 fully saturated rings. The van der Waals surface area contributed by atoms with Crippen LogP contribution in [0.2, 0.25) is 0 Å². The van der Waals surface area contributed by atoms with E-state index in [0.717, 1.165) is 19.3 Å². The Kier molecular flexibility index (Phi) is 4.25. The van der Waals surface area contributed by atoms with E-state index in [1.54, 1.807) is 0 Å². The fourth-order valence-electron chi connectivity index (χ4n) is 6.29. The van der Waals surface area contributed by atoms with Gasteiger partial charge >= 0.3 is 0 Å². The van der Waals surface area contributed by atoms with Crippen LogP contribution in [0.3, 0.4) is 0 Å². The van der Waals surface area contributed by atoms with Gasteiger partial charge in [-0.25, -0.2) is 18.2 Å². The zero-order valence-corrected chi connectivity index (χ0v) is 17.2. The minimum absolute atomic E-state index is 0.137. The Balaban J connectivity index is 1.48. The molecular weight excluding hydrogens is 370 g/mol. The van der Waals surface area contributed by atoms with Crippen LogP contribution in [0.5, 0.6) is 0 Å². The molecule has 27 heavy (non-hydrogen) atoms. The maximum atomic E-state index is 11.9. The third-order valence-electron chi connectivity index (χ3n) is 7.86. The van der Waals surface area contributed by atoms with E-state index in [0.29, 0.717) is 24.9 Å². The Morgan fingerprint density at radius 3 is 2.48 bits per heavy atom. The Morgan fingerprint density at radius 2 is 1.74 bits per heavy atom. The van der Waals surface area contributed by atoms with Gasteiger partial charge in [-0.2, -0.15) is 0 Å². The van der Waals surface area contributed by atoms with Gasteiger partial charge in [-0.3, -0.25) is 4.90 Å². The number of rotatable bonds is 1. The van der Waals surface area contributed by atoms with Crippen molar-refractivity contribution >= 4 is 9.84 Å². The number of sulfone groups is 1. The second-order valence-electron chi connectivity index (χ2n) is 9.48. The summed E-state index contributed by atoms with van der Waals surface area (Å²) < 4.78 is 36.7. The molecule has 6 rings (SSSR count). The molecule has 5 heterocycles. The largest absolute Gasteiger partial charge is 0.331 e. The topological polar surface area (TPSA) is 74.3 Å². The minimum atomic E-state index is -2.92. The third kappa shape index (κ3) is 2.74. The van der Waals surface area contributed by atoms with Crippen LogP contribution in [-0.2, 0) is 29.1 Å². The fourth-order valence-corrected chi connectivity index (χ4v) is 7.51. The van der Waals surface area contributed by atoms with E-state index in [-0.39, 0.29) is 29.6 Å². The van der Waals surface area contributed by atoms with Gasteiger partial charge in [-0.05, 0) is 38.0 Å². The summed E-state index contributed by atoms with van der Waals surface area (Å²) in [5.74, 6) is 1.05. The highest BCUT2D eigenvalue weighted by molar-refractivity contribution is 7.91. The van der Waals surface area contributed by atoms with Crippen LogP contribution in [0.25, 0.3) is 0 Å². The van der Waals surface area contributed by atoms with Crippen molar-refractivity contribution in [2.24, 2.45) is 23.7 Å². The van der Waals surface area contributed by atoms with Crippen molar-refractivity contribution in [2.45, 2.75) is 70.4 Å². The van der Waals surface area contributed by atoms with E-state index in [9.17, 15) is 8.42 Å². The summed E-state index contributed by atoms with van der Waals surface area (Å²) in [6, 6.07) is 0. The van der Waals surface area contributed by atoms with E-state index in [1.165, 1.54) is 6.42 Å². The number of hydrogen-bond donors (Lipinski definition) is 0. The summed E-state index contributed by atoms with van der Waals surface area (Å²) in [4.78, 5) is 14.2. The predicted octanol–water partition coefficient (Wildman–Crippen LogP) is 1.92. The van der Waals surface area contributed by atoms with Gasteiger partial charge in [-0.15, -0.1) is 0 Å².